The minimum atomic E-state index is 0.624. The molecule has 0 amide bonds. The molecule has 19 heavy (non-hydrogen) atoms. The molecule has 0 unspecified atom stereocenters. The van der Waals surface area contributed by atoms with Crippen LogP contribution < -0.4 is 10.6 Å². The minimum absolute atomic E-state index is 0.624. The van der Waals surface area contributed by atoms with Crippen molar-refractivity contribution in [3.8, 4) is 0 Å². The molecule has 2 N–H and O–H groups in total. The Hall–Kier alpha value is -1.51. The fraction of sp³-hybridized carbons (Fsp3) is 0.250. The van der Waals surface area contributed by atoms with E-state index in [0.29, 0.717) is 6.54 Å². The van der Waals surface area contributed by atoms with Crippen LogP contribution in [0.4, 0.5) is 5.69 Å². The van der Waals surface area contributed by atoms with Gasteiger partial charge in [-0.05, 0) is 30.2 Å². The van der Waals surface area contributed by atoms with Gasteiger partial charge >= 0.3 is 0 Å². The van der Waals surface area contributed by atoms with E-state index in [0.717, 1.165) is 29.4 Å². The molecule has 2 rings (SSSR count). The summed E-state index contributed by atoms with van der Waals surface area (Å²) in [6.07, 6.45) is 0. The molecular weight excluding hydrogens is 256 g/mol. The maximum atomic E-state index is 6.20. The van der Waals surface area contributed by atoms with Gasteiger partial charge in [-0.1, -0.05) is 48.0 Å². The standard InChI is InChI=1S/C16H19ClN2/c1-13-15(17)8-5-9-16(13)19(11-10-18)12-14-6-3-2-4-7-14/h2-9H,10-12,18H2,1H3. The van der Waals surface area contributed by atoms with E-state index in [1.54, 1.807) is 0 Å². The Kier molecular flexibility index (Phi) is 4.83. The van der Waals surface area contributed by atoms with E-state index in [1.807, 2.05) is 25.1 Å². The summed E-state index contributed by atoms with van der Waals surface area (Å²) < 4.78 is 0. The van der Waals surface area contributed by atoms with Crippen molar-refractivity contribution in [2.24, 2.45) is 5.73 Å². The van der Waals surface area contributed by atoms with Crippen LogP contribution in [0.3, 0.4) is 0 Å². The van der Waals surface area contributed by atoms with E-state index in [-0.39, 0.29) is 0 Å². The summed E-state index contributed by atoms with van der Waals surface area (Å²) in [4.78, 5) is 2.27. The lowest BCUT2D eigenvalue weighted by molar-refractivity contribution is 0.787. The number of hydrogen-bond acceptors (Lipinski definition) is 2. The van der Waals surface area contributed by atoms with E-state index in [9.17, 15) is 0 Å². The van der Waals surface area contributed by atoms with Crippen LogP contribution in [0.1, 0.15) is 11.1 Å². The Balaban J connectivity index is 2.27. The predicted molar refractivity (Wildman–Crippen MR) is 82.7 cm³/mol. The fourth-order valence-corrected chi connectivity index (χ4v) is 2.35. The normalized spacial score (nSPS) is 10.5. The number of nitrogens with zero attached hydrogens (tertiary/aromatic N) is 1. The van der Waals surface area contributed by atoms with Crippen molar-refractivity contribution >= 4 is 17.3 Å². The van der Waals surface area contributed by atoms with Crippen molar-refractivity contribution in [2.75, 3.05) is 18.0 Å². The van der Waals surface area contributed by atoms with Crippen molar-refractivity contribution in [3.63, 3.8) is 0 Å². The smallest absolute Gasteiger partial charge is 0.0455 e. The molecular formula is C16H19ClN2. The summed E-state index contributed by atoms with van der Waals surface area (Å²) in [7, 11) is 0. The van der Waals surface area contributed by atoms with Crippen LogP contribution in [-0.2, 0) is 6.54 Å². The number of rotatable bonds is 5. The van der Waals surface area contributed by atoms with Crippen LogP contribution >= 0.6 is 11.6 Å². The summed E-state index contributed by atoms with van der Waals surface area (Å²) >= 11 is 6.20. The van der Waals surface area contributed by atoms with Crippen molar-refractivity contribution in [1.29, 1.82) is 0 Å². The number of hydrogen-bond donors (Lipinski definition) is 1. The van der Waals surface area contributed by atoms with Gasteiger partial charge < -0.3 is 10.6 Å². The van der Waals surface area contributed by atoms with Crippen molar-refractivity contribution in [2.45, 2.75) is 13.5 Å². The molecule has 0 aromatic heterocycles. The average Bonchev–Trinajstić information content (AvgIpc) is 2.43. The molecule has 2 aromatic carbocycles. The van der Waals surface area contributed by atoms with Crippen LogP contribution in [0.5, 0.6) is 0 Å². The van der Waals surface area contributed by atoms with Crippen LogP contribution in [0.15, 0.2) is 48.5 Å². The minimum Gasteiger partial charge on any atom is -0.366 e. The maximum absolute atomic E-state index is 6.20. The van der Waals surface area contributed by atoms with E-state index in [4.69, 9.17) is 17.3 Å². The second kappa shape index (κ2) is 6.60. The van der Waals surface area contributed by atoms with Crippen LogP contribution in [-0.4, -0.2) is 13.1 Å². The fourth-order valence-electron chi connectivity index (χ4n) is 2.18. The van der Waals surface area contributed by atoms with Gasteiger partial charge in [0, 0.05) is 30.3 Å². The Morgan fingerprint density at radius 3 is 2.47 bits per heavy atom. The van der Waals surface area contributed by atoms with Gasteiger partial charge in [0.15, 0.2) is 0 Å². The van der Waals surface area contributed by atoms with Gasteiger partial charge in [-0.25, -0.2) is 0 Å². The lowest BCUT2D eigenvalue weighted by Gasteiger charge is -2.26. The van der Waals surface area contributed by atoms with E-state index in [1.165, 1.54) is 5.56 Å². The number of halogens is 1. The summed E-state index contributed by atoms with van der Waals surface area (Å²) in [5, 5.41) is 0.799. The zero-order valence-electron chi connectivity index (χ0n) is 11.1. The molecule has 0 aliphatic heterocycles. The van der Waals surface area contributed by atoms with Gasteiger partial charge in [0.05, 0.1) is 0 Å². The van der Waals surface area contributed by atoms with Gasteiger partial charge in [-0.15, -0.1) is 0 Å². The molecule has 0 spiro atoms. The lowest BCUT2D eigenvalue weighted by atomic mass is 10.1. The molecule has 0 fully saturated rings. The molecule has 3 heteroatoms. The first-order valence-electron chi connectivity index (χ1n) is 6.46. The molecule has 2 nitrogen and oxygen atoms in total. The van der Waals surface area contributed by atoms with Gasteiger partial charge in [0.25, 0.3) is 0 Å². The zero-order valence-corrected chi connectivity index (χ0v) is 11.9. The van der Waals surface area contributed by atoms with Gasteiger partial charge in [-0.2, -0.15) is 0 Å². The third kappa shape index (κ3) is 3.49. The van der Waals surface area contributed by atoms with E-state index < -0.39 is 0 Å². The monoisotopic (exact) mass is 274 g/mol. The molecule has 0 saturated heterocycles. The first kappa shape index (κ1) is 13.9. The highest BCUT2D eigenvalue weighted by molar-refractivity contribution is 6.31. The van der Waals surface area contributed by atoms with Gasteiger partial charge in [-0.3, -0.25) is 0 Å². The SMILES string of the molecule is Cc1c(Cl)cccc1N(CCN)Cc1ccccc1. The largest absolute Gasteiger partial charge is 0.366 e. The second-order valence-electron chi connectivity index (χ2n) is 4.58. The zero-order chi connectivity index (χ0) is 13.7. The summed E-state index contributed by atoms with van der Waals surface area (Å²) in [6.45, 7) is 4.33. The first-order chi connectivity index (χ1) is 9.22. The third-order valence-corrected chi connectivity index (χ3v) is 3.60. The van der Waals surface area contributed by atoms with Crippen LogP contribution in [0, 0.1) is 6.92 Å². The molecule has 0 aliphatic carbocycles. The quantitative estimate of drug-likeness (QED) is 0.902. The predicted octanol–water partition coefficient (Wildman–Crippen LogP) is 3.61. The highest BCUT2D eigenvalue weighted by Crippen LogP contribution is 2.27. The van der Waals surface area contributed by atoms with E-state index >= 15 is 0 Å². The van der Waals surface area contributed by atoms with Gasteiger partial charge in [0.1, 0.15) is 0 Å². The highest BCUT2D eigenvalue weighted by Gasteiger charge is 2.10. The molecule has 2 aromatic rings. The molecule has 0 heterocycles. The van der Waals surface area contributed by atoms with Crippen LogP contribution in [0.2, 0.25) is 5.02 Å². The Morgan fingerprint density at radius 2 is 1.79 bits per heavy atom. The topological polar surface area (TPSA) is 29.3 Å². The van der Waals surface area contributed by atoms with Crippen molar-refractivity contribution in [3.05, 3.63) is 64.7 Å². The molecule has 0 atom stereocenters. The second-order valence-corrected chi connectivity index (χ2v) is 4.99. The third-order valence-electron chi connectivity index (χ3n) is 3.20. The van der Waals surface area contributed by atoms with E-state index in [2.05, 4.69) is 35.2 Å². The molecule has 100 valence electrons. The molecule has 0 bridgehead atoms. The molecule has 0 saturated carbocycles. The van der Waals surface area contributed by atoms with Gasteiger partial charge in [0.2, 0.25) is 0 Å². The van der Waals surface area contributed by atoms with Crippen molar-refractivity contribution < 1.29 is 0 Å². The Bertz CT molecular complexity index is 526. The summed E-state index contributed by atoms with van der Waals surface area (Å²) in [5.74, 6) is 0. The highest BCUT2D eigenvalue weighted by atomic mass is 35.5. The number of benzene rings is 2. The van der Waals surface area contributed by atoms with Crippen LogP contribution in [0.25, 0.3) is 0 Å². The Labute approximate surface area is 119 Å². The summed E-state index contributed by atoms with van der Waals surface area (Å²) in [5.41, 5.74) is 9.27. The lowest BCUT2D eigenvalue weighted by Crippen LogP contribution is -2.29. The molecule has 0 aliphatic rings. The van der Waals surface area contributed by atoms with Crippen molar-refractivity contribution in [1.82, 2.24) is 0 Å². The maximum Gasteiger partial charge on any atom is 0.0455 e. The summed E-state index contributed by atoms with van der Waals surface area (Å²) in [6, 6.07) is 16.4. The first-order valence-corrected chi connectivity index (χ1v) is 6.84. The Morgan fingerprint density at radius 1 is 1.05 bits per heavy atom. The average molecular weight is 275 g/mol. The molecule has 0 radical (unpaired) electrons. The number of anilines is 1. The number of nitrogens with two attached hydrogens (primary N) is 1.